The van der Waals surface area contributed by atoms with Gasteiger partial charge in [-0.2, -0.15) is 0 Å². The molecule has 1 N–H and O–H groups in total. The molecule has 170 valence electrons. The fourth-order valence-corrected chi connectivity index (χ4v) is 5.28. The summed E-state index contributed by atoms with van der Waals surface area (Å²) in [4.78, 5) is 17.4. The lowest BCUT2D eigenvalue weighted by Gasteiger charge is -2.43. The average Bonchev–Trinajstić information content (AvgIpc) is 3.23. The first-order valence-electron chi connectivity index (χ1n) is 11.3. The second kappa shape index (κ2) is 9.86. The standard InChI is InChI=1S/C26H31Cl2N3O/c1-19(17-29-25(32)22-8-9-23(27)24(28)16-22)30-15-12-26(2,18-30)31-13-10-21(11-14-31)20-6-4-3-5-7-20/h3-9,16,21H,1,10-15,17-18H2,2H3,(H,29,32). The minimum absolute atomic E-state index is 0.151. The number of hydrogen-bond acceptors (Lipinski definition) is 3. The molecule has 2 aromatic rings. The molecular formula is C26H31Cl2N3O. The maximum Gasteiger partial charge on any atom is 0.251 e. The molecule has 2 aliphatic rings. The van der Waals surface area contributed by atoms with E-state index in [2.05, 4.69) is 59.0 Å². The van der Waals surface area contributed by atoms with Crippen LogP contribution in [0.5, 0.6) is 0 Å². The van der Waals surface area contributed by atoms with Gasteiger partial charge in [-0.1, -0.05) is 60.1 Å². The zero-order valence-corrected chi connectivity index (χ0v) is 20.1. The summed E-state index contributed by atoms with van der Waals surface area (Å²) in [7, 11) is 0. The van der Waals surface area contributed by atoms with Gasteiger partial charge in [0.25, 0.3) is 5.91 Å². The van der Waals surface area contributed by atoms with E-state index in [1.807, 2.05) is 0 Å². The van der Waals surface area contributed by atoms with Crippen LogP contribution in [0.1, 0.15) is 48.0 Å². The molecule has 2 fully saturated rings. The molecule has 2 saturated heterocycles. The van der Waals surface area contributed by atoms with Crippen LogP contribution in [0.25, 0.3) is 0 Å². The zero-order valence-electron chi connectivity index (χ0n) is 18.6. The second-order valence-corrected chi connectivity index (χ2v) is 10.0. The number of hydrogen-bond donors (Lipinski definition) is 1. The van der Waals surface area contributed by atoms with Crippen molar-refractivity contribution >= 4 is 29.1 Å². The van der Waals surface area contributed by atoms with E-state index in [9.17, 15) is 4.79 Å². The first-order valence-corrected chi connectivity index (χ1v) is 12.1. The molecule has 1 atom stereocenters. The van der Waals surface area contributed by atoms with Gasteiger partial charge in [0.05, 0.1) is 16.6 Å². The van der Waals surface area contributed by atoms with E-state index in [0.29, 0.717) is 28.1 Å². The molecule has 6 heteroatoms. The predicted octanol–water partition coefficient (Wildman–Crippen LogP) is 5.58. The van der Waals surface area contributed by atoms with Crippen molar-refractivity contribution in [3.05, 3.63) is 82.0 Å². The Morgan fingerprint density at radius 3 is 2.50 bits per heavy atom. The molecule has 4 rings (SSSR count). The summed E-state index contributed by atoms with van der Waals surface area (Å²) in [5.41, 5.74) is 3.07. The topological polar surface area (TPSA) is 35.6 Å². The molecule has 1 amide bonds. The molecular weight excluding hydrogens is 441 g/mol. The fraction of sp³-hybridized carbons (Fsp3) is 0.423. The van der Waals surface area contributed by atoms with Crippen LogP contribution in [0.15, 0.2) is 60.8 Å². The smallest absolute Gasteiger partial charge is 0.251 e. The maximum absolute atomic E-state index is 12.5. The number of likely N-dealkylation sites (tertiary alicyclic amines) is 2. The quantitative estimate of drug-likeness (QED) is 0.596. The van der Waals surface area contributed by atoms with E-state index in [-0.39, 0.29) is 11.4 Å². The van der Waals surface area contributed by atoms with Crippen molar-refractivity contribution in [1.29, 1.82) is 0 Å². The van der Waals surface area contributed by atoms with E-state index in [4.69, 9.17) is 23.2 Å². The van der Waals surface area contributed by atoms with Gasteiger partial charge in [-0.15, -0.1) is 0 Å². The average molecular weight is 472 g/mol. The number of piperidine rings is 1. The normalized spacial score (nSPS) is 22.2. The van der Waals surface area contributed by atoms with Crippen molar-refractivity contribution in [3.63, 3.8) is 0 Å². The number of carbonyl (C=O) groups excluding carboxylic acids is 1. The van der Waals surface area contributed by atoms with Gasteiger partial charge in [-0.3, -0.25) is 9.69 Å². The number of nitrogens with one attached hydrogen (secondary N) is 1. The molecule has 2 aromatic carbocycles. The molecule has 0 aliphatic carbocycles. The number of amides is 1. The molecule has 0 bridgehead atoms. The first kappa shape index (κ1) is 23.2. The Hall–Kier alpha value is -2.01. The Morgan fingerprint density at radius 1 is 1.09 bits per heavy atom. The van der Waals surface area contributed by atoms with Crippen molar-refractivity contribution in [2.45, 2.75) is 37.6 Å². The lowest BCUT2D eigenvalue weighted by atomic mass is 9.86. The third-order valence-electron chi connectivity index (χ3n) is 7.06. The van der Waals surface area contributed by atoms with Crippen LogP contribution < -0.4 is 5.32 Å². The summed E-state index contributed by atoms with van der Waals surface area (Å²) in [6.07, 6.45) is 3.53. The monoisotopic (exact) mass is 471 g/mol. The Labute approximate surface area is 201 Å². The largest absolute Gasteiger partial charge is 0.372 e. The van der Waals surface area contributed by atoms with E-state index in [1.165, 1.54) is 18.4 Å². The summed E-state index contributed by atoms with van der Waals surface area (Å²) in [5, 5.41) is 3.78. The summed E-state index contributed by atoms with van der Waals surface area (Å²) in [6.45, 7) is 11.2. The number of rotatable bonds is 6. The van der Waals surface area contributed by atoms with Gasteiger partial charge in [0, 0.05) is 29.9 Å². The van der Waals surface area contributed by atoms with Crippen LogP contribution in [-0.4, -0.2) is 54.0 Å². The van der Waals surface area contributed by atoms with Gasteiger partial charge in [-0.25, -0.2) is 0 Å². The first-order chi connectivity index (χ1) is 15.4. The number of carbonyl (C=O) groups is 1. The molecule has 1 unspecified atom stereocenters. The predicted molar refractivity (Wildman–Crippen MR) is 133 cm³/mol. The van der Waals surface area contributed by atoms with Crippen molar-refractivity contribution in [2.24, 2.45) is 0 Å². The van der Waals surface area contributed by atoms with Crippen LogP contribution in [0.4, 0.5) is 0 Å². The van der Waals surface area contributed by atoms with Gasteiger partial charge >= 0.3 is 0 Å². The number of halogens is 2. The maximum atomic E-state index is 12.5. The van der Waals surface area contributed by atoms with Gasteiger partial charge in [-0.05, 0) is 69.0 Å². The van der Waals surface area contributed by atoms with Crippen LogP contribution in [0.2, 0.25) is 10.0 Å². The Kier molecular flexibility index (Phi) is 7.14. The van der Waals surface area contributed by atoms with Gasteiger partial charge in [0.1, 0.15) is 0 Å². The Morgan fingerprint density at radius 2 is 1.81 bits per heavy atom. The van der Waals surface area contributed by atoms with Crippen LogP contribution in [0, 0.1) is 0 Å². The van der Waals surface area contributed by atoms with E-state index in [1.54, 1.807) is 18.2 Å². The Balaban J connectivity index is 1.27. The van der Waals surface area contributed by atoms with Crippen LogP contribution in [-0.2, 0) is 0 Å². The molecule has 2 heterocycles. The summed E-state index contributed by atoms with van der Waals surface area (Å²) >= 11 is 12.0. The molecule has 0 radical (unpaired) electrons. The lowest BCUT2D eigenvalue weighted by Crippen LogP contribution is -2.51. The van der Waals surface area contributed by atoms with E-state index in [0.717, 1.165) is 38.3 Å². The summed E-state index contributed by atoms with van der Waals surface area (Å²) in [5.74, 6) is 0.495. The second-order valence-electron chi connectivity index (χ2n) is 9.22. The zero-order chi connectivity index (χ0) is 22.7. The van der Waals surface area contributed by atoms with Crippen LogP contribution in [0.3, 0.4) is 0 Å². The van der Waals surface area contributed by atoms with Gasteiger partial charge in [0.15, 0.2) is 0 Å². The third kappa shape index (κ3) is 5.14. The van der Waals surface area contributed by atoms with Crippen molar-refractivity contribution in [2.75, 3.05) is 32.7 Å². The molecule has 4 nitrogen and oxygen atoms in total. The lowest BCUT2D eigenvalue weighted by molar-refractivity contribution is 0.0815. The molecule has 32 heavy (non-hydrogen) atoms. The Bertz CT molecular complexity index is 972. The molecule has 0 aromatic heterocycles. The van der Waals surface area contributed by atoms with Gasteiger partial charge < -0.3 is 10.2 Å². The van der Waals surface area contributed by atoms with E-state index < -0.39 is 0 Å². The fourth-order valence-electron chi connectivity index (χ4n) is 4.98. The SMILES string of the molecule is C=C(CNC(=O)c1ccc(Cl)c(Cl)c1)N1CCC(C)(N2CCC(c3ccccc3)CC2)C1. The minimum Gasteiger partial charge on any atom is -0.372 e. The molecule has 0 spiro atoms. The molecule has 0 saturated carbocycles. The third-order valence-corrected chi connectivity index (χ3v) is 7.80. The van der Waals surface area contributed by atoms with Crippen molar-refractivity contribution < 1.29 is 4.79 Å². The van der Waals surface area contributed by atoms with Crippen LogP contribution >= 0.6 is 23.2 Å². The van der Waals surface area contributed by atoms with Crippen molar-refractivity contribution in [1.82, 2.24) is 15.1 Å². The summed E-state index contributed by atoms with van der Waals surface area (Å²) in [6, 6.07) is 15.8. The highest BCUT2D eigenvalue weighted by Gasteiger charge is 2.40. The minimum atomic E-state index is -0.172. The highest BCUT2D eigenvalue weighted by Crippen LogP contribution is 2.35. The van der Waals surface area contributed by atoms with Crippen molar-refractivity contribution in [3.8, 4) is 0 Å². The summed E-state index contributed by atoms with van der Waals surface area (Å²) < 4.78 is 0. The number of benzene rings is 2. The van der Waals surface area contributed by atoms with Gasteiger partial charge in [0.2, 0.25) is 0 Å². The number of nitrogens with zero attached hydrogens (tertiary/aromatic N) is 2. The highest BCUT2D eigenvalue weighted by molar-refractivity contribution is 6.42. The van der Waals surface area contributed by atoms with E-state index >= 15 is 0 Å². The molecule has 2 aliphatic heterocycles. The highest BCUT2D eigenvalue weighted by atomic mass is 35.5.